The van der Waals surface area contributed by atoms with Crippen molar-refractivity contribution in [1.82, 2.24) is 0 Å². The molecule has 0 fully saturated rings. The van der Waals surface area contributed by atoms with Crippen LogP contribution in [0.15, 0.2) is 42.5 Å². The molecule has 0 aliphatic rings. The fourth-order valence-electron chi connectivity index (χ4n) is 2.68. The number of ether oxygens (including phenoxy) is 1. The minimum absolute atomic E-state index is 0.253. The molecule has 3 nitrogen and oxygen atoms in total. The van der Waals surface area contributed by atoms with Gasteiger partial charge in [-0.15, -0.1) is 12.6 Å². The Labute approximate surface area is 122 Å². The van der Waals surface area contributed by atoms with Gasteiger partial charge >= 0.3 is 0 Å². The van der Waals surface area contributed by atoms with Crippen molar-refractivity contribution in [2.24, 2.45) is 7.05 Å². The van der Waals surface area contributed by atoms with Crippen LogP contribution in [0.3, 0.4) is 0 Å². The molecule has 1 heterocycles. The van der Waals surface area contributed by atoms with Gasteiger partial charge < -0.3 is 4.74 Å². The van der Waals surface area contributed by atoms with Gasteiger partial charge in [-0.1, -0.05) is 18.2 Å². The minimum Gasteiger partial charge on any atom is -0.496 e. The Hall–Kier alpha value is -2.07. The van der Waals surface area contributed by atoms with E-state index >= 15 is 0 Å². The maximum Gasteiger partial charge on any atom is 0.218 e. The highest BCUT2D eigenvalue weighted by Crippen LogP contribution is 2.32. The monoisotopic (exact) mass is 284 g/mol. The third kappa shape index (κ3) is 1.76. The number of carbonyl (C=O) groups is 1. The summed E-state index contributed by atoms with van der Waals surface area (Å²) in [4.78, 5) is 12.1. The Morgan fingerprint density at radius 3 is 2.50 bits per heavy atom. The molecule has 0 unspecified atom stereocenters. The average Bonchev–Trinajstić information content (AvgIpc) is 2.47. The van der Waals surface area contributed by atoms with Crippen molar-refractivity contribution in [2.75, 3.05) is 7.11 Å². The van der Waals surface area contributed by atoms with Crippen LogP contribution in [0.4, 0.5) is 0 Å². The van der Waals surface area contributed by atoms with E-state index in [1.54, 1.807) is 7.11 Å². The molecule has 0 amide bonds. The van der Waals surface area contributed by atoms with Gasteiger partial charge in [0.1, 0.15) is 18.2 Å². The topological polar surface area (TPSA) is 30.2 Å². The summed E-state index contributed by atoms with van der Waals surface area (Å²) in [5.41, 5.74) is 2.53. The van der Waals surface area contributed by atoms with Crippen LogP contribution in [0.5, 0.6) is 5.75 Å². The van der Waals surface area contributed by atoms with Crippen molar-refractivity contribution in [2.45, 2.75) is 0 Å². The Balaban J connectivity index is 2.68. The molecule has 1 aromatic heterocycles. The summed E-state index contributed by atoms with van der Waals surface area (Å²) in [5, 5.41) is 1.43. The van der Waals surface area contributed by atoms with Gasteiger partial charge in [-0.3, -0.25) is 4.79 Å². The third-order valence-corrected chi connectivity index (χ3v) is 3.81. The zero-order chi connectivity index (χ0) is 14.3. The molecule has 0 spiro atoms. The Morgan fingerprint density at radius 2 is 1.80 bits per heavy atom. The Morgan fingerprint density at radius 1 is 1.10 bits per heavy atom. The lowest BCUT2D eigenvalue weighted by Crippen LogP contribution is -2.31. The van der Waals surface area contributed by atoms with E-state index in [4.69, 9.17) is 4.74 Å². The smallest absolute Gasteiger partial charge is 0.218 e. The molecule has 4 heteroatoms. The molecule has 0 aliphatic carbocycles. The number of hydrogen-bond acceptors (Lipinski definition) is 2. The van der Waals surface area contributed by atoms with Gasteiger partial charge in [0.2, 0.25) is 16.1 Å². The van der Waals surface area contributed by atoms with Crippen molar-refractivity contribution < 1.29 is 14.1 Å². The number of fused-ring (bicyclic) bond motifs is 2. The normalized spacial score (nSPS) is 10.9. The van der Waals surface area contributed by atoms with Crippen molar-refractivity contribution in [3.05, 3.63) is 48.0 Å². The van der Waals surface area contributed by atoms with Crippen LogP contribution in [-0.4, -0.2) is 12.2 Å². The lowest BCUT2D eigenvalue weighted by atomic mass is 10.0. The number of benzene rings is 2. The maximum absolute atomic E-state index is 12.1. The maximum atomic E-state index is 12.1. The lowest BCUT2D eigenvalue weighted by molar-refractivity contribution is -0.617. The molecule has 0 saturated carbocycles. The average molecular weight is 284 g/mol. The van der Waals surface area contributed by atoms with Gasteiger partial charge in [0.15, 0.2) is 0 Å². The molecule has 100 valence electrons. The summed E-state index contributed by atoms with van der Waals surface area (Å²) in [6.45, 7) is 0. The summed E-state index contributed by atoms with van der Waals surface area (Å²) in [6.07, 6.45) is 0. The summed E-state index contributed by atoms with van der Waals surface area (Å²) >= 11 is 4.06. The van der Waals surface area contributed by atoms with Crippen LogP contribution in [0.2, 0.25) is 0 Å². The molecule has 20 heavy (non-hydrogen) atoms. The highest BCUT2D eigenvalue weighted by molar-refractivity contribution is 7.97. The van der Waals surface area contributed by atoms with E-state index in [2.05, 4.69) is 17.2 Å². The SMILES string of the molecule is COc1cccc2c1c(C(=O)S)c1ccccc1[n+]2C. The third-order valence-electron chi connectivity index (χ3n) is 3.58. The van der Waals surface area contributed by atoms with E-state index in [1.807, 2.05) is 49.5 Å². The predicted octanol–water partition coefficient (Wildman–Crippen LogP) is 2.90. The van der Waals surface area contributed by atoms with Crippen LogP contribution in [-0.2, 0) is 7.05 Å². The number of hydrogen-bond donors (Lipinski definition) is 1. The number of methoxy groups -OCH3 is 1. The Bertz CT molecular complexity index is 843. The molecule has 2 aromatic carbocycles. The number of carbonyl (C=O) groups excluding carboxylic acids is 1. The second kappa shape index (κ2) is 4.80. The quantitative estimate of drug-likeness (QED) is 0.445. The largest absolute Gasteiger partial charge is 0.496 e. The van der Waals surface area contributed by atoms with Crippen LogP contribution in [0.1, 0.15) is 10.4 Å². The predicted molar refractivity (Wildman–Crippen MR) is 82.5 cm³/mol. The van der Waals surface area contributed by atoms with Crippen molar-refractivity contribution in [1.29, 1.82) is 0 Å². The van der Waals surface area contributed by atoms with E-state index < -0.39 is 0 Å². The molecular weight excluding hydrogens is 270 g/mol. The van der Waals surface area contributed by atoms with Crippen LogP contribution < -0.4 is 9.30 Å². The van der Waals surface area contributed by atoms with E-state index in [0.29, 0.717) is 11.3 Å². The molecule has 0 radical (unpaired) electrons. The number of pyridine rings is 1. The molecule has 3 rings (SSSR count). The van der Waals surface area contributed by atoms with Crippen LogP contribution in [0.25, 0.3) is 21.8 Å². The molecule has 0 aliphatic heterocycles. The minimum atomic E-state index is -0.253. The zero-order valence-electron chi connectivity index (χ0n) is 11.3. The zero-order valence-corrected chi connectivity index (χ0v) is 12.1. The van der Waals surface area contributed by atoms with Gasteiger partial charge in [-0.05, 0) is 12.1 Å². The molecular formula is C16H14NO2S+. The van der Waals surface area contributed by atoms with E-state index in [9.17, 15) is 4.79 Å². The number of aromatic nitrogens is 1. The van der Waals surface area contributed by atoms with E-state index in [1.165, 1.54) is 0 Å². The molecule has 0 N–H and O–H groups in total. The van der Waals surface area contributed by atoms with Gasteiger partial charge in [-0.25, -0.2) is 0 Å². The number of nitrogens with zero attached hydrogens (tertiary/aromatic N) is 1. The molecule has 0 bridgehead atoms. The van der Waals surface area contributed by atoms with Crippen molar-refractivity contribution in [3.8, 4) is 5.75 Å². The van der Waals surface area contributed by atoms with Gasteiger partial charge in [0.05, 0.1) is 18.1 Å². The first-order valence-electron chi connectivity index (χ1n) is 6.26. The second-order valence-electron chi connectivity index (χ2n) is 4.61. The fraction of sp³-hybridized carbons (Fsp3) is 0.125. The van der Waals surface area contributed by atoms with Crippen LogP contribution in [0, 0.1) is 0 Å². The fourth-order valence-corrected chi connectivity index (χ4v) is 2.92. The molecule has 0 atom stereocenters. The highest BCUT2D eigenvalue weighted by atomic mass is 32.1. The molecule has 0 saturated heterocycles. The second-order valence-corrected chi connectivity index (χ2v) is 5.02. The summed E-state index contributed by atoms with van der Waals surface area (Å²) in [7, 11) is 3.59. The van der Waals surface area contributed by atoms with Gasteiger partial charge in [0.25, 0.3) is 0 Å². The van der Waals surface area contributed by atoms with Gasteiger partial charge in [-0.2, -0.15) is 4.57 Å². The summed E-state index contributed by atoms with van der Waals surface area (Å²) in [5.74, 6) is 0.682. The first kappa shape index (κ1) is 12.9. The molecule has 3 aromatic rings. The number of para-hydroxylation sites is 1. The lowest BCUT2D eigenvalue weighted by Gasteiger charge is -2.10. The Kier molecular flexibility index (Phi) is 3.10. The number of aryl methyl sites for hydroxylation is 1. The van der Waals surface area contributed by atoms with Crippen molar-refractivity contribution in [3.63, 3.8) is 0 Å². The highest BCUT2D eigenvalue weighted by Gasteiger charge is 2.23. The van der Waals surface area contributed by atoms with E-state index in [-0.39, 0.29) is 5.12 Å². The van der Waals surface area contributed by atoms with Crippen LogP contribution >= 0.6 is 12.6 Å². The summed E-state index contributed by atoms with van der Waals surface area (Å²) in [6, 6.07) is 13.6. The summed E-state index contributed by atoms with van der Waals surface area (Å²) < 4.78 is 7.49. The van der Waals surface area contributed by atoms with E-state index in [0.717, 1.165) is 21.8 Å². The number of rotatable bonds is 2. The van der Waals surface area contributed by atoms with Gasteiger partial charge in [0, 0.05) is 12.1 Å². The standard InChI is InChI=1S/C16H13NO2S/c1-17-11-7-4-3-6-10(11)14(16(18)20)15-12(17)8-5-9-13(15)19-2/h3-9H,1-2H3/p+1. The van der Waals surface area contributed by atoms with Crippen molar-refractivity contribution >= 4 is 39.5 Å². The first-order valence-corrected chi connectivity index (χ1v) is 6.70. The number of thiol groups is 1. The first-order chi connectivity index (χ1) is 9.65.